The first-order valence-corrected chi connectivity index (χ1v) is 5.71. The van der Waals surface area contributed by atoms with E-state index >= 15 is 0 Å². The highest BCUT2D eigenvalue weighted by Crippen LogP contribution is 2.16. The van der Waals surface area contributed by atoms with Crippen LogP contribution in [0.5, 0.6) is 0 Å². The van der Waals surface area contributed by atoms with Gasteiger partial charge in [-0.2, -0.15) is 0 Å². The van der Waals surface area contributed by atoms with Crippen molar-refractivity contribution in [2.75, 3.05) is 0 Å². The largest absolute Gasteiger partial charge is 0.294 e. The molecule has 1 aliphatic carbocycles. The molecule has 4 nitrogen and oxygen atoms in total. The van der Waals surface area contributed by atoms with Crippen molar-refractivity contribution in [2.45, 2.75) is 0 Å². The molecule has 1 heterocycles. The Balaban J connectivity index is 1.96. The Labute approximate surface area is 104 Å². The fourth-order valence-corrected chi connectivity index (χ4v) is 1.88. The third kappa shape index (κ3) is 2.00. The summed E-state index contributed by atoms with van der Waals surface area (Å²) in [5.74, 6) is -0.0302. The van der Waals surface area contributed by atoms with Crippen molar-refractivity contribution in [1.29, 1.82) is 0 Å². The topological polar surface area (TPSA) is 53.8 Å². The maximum absolute atomic E-state index is 11.9. The summed E-state index contributed by atoms with van der Waals surface area (Å²) in [6, 6.07) is 9.43. The van der Waals surface area contributed by atoms with Gasteiger partial charge in [-0.1, -0.05) is 36.4 Å². The summed E-state index contributed by atoms with van der Waals surface area (Å²) < 4.78 is 0. The second-order valence-corrected chi connectivity index (χ2v) is 4.02. The number of fused-ring (bicyclic) bond motifs is 1. The van der Waals surface area contributed by atoms with Gasteiger partial charge in [-0.15, -0.1) is 0 Å². The van der Waals surface area contributed by atoms with Crippen LogP contribution in [-0.2, 0) is 4.79 Å². The monoisotopic (exact) mass is 237 g/mol. The van der Waals surface area contributed by atoms with Gasteiger partial charge in [0.15, 0.2) is 0 Å². The molecule has 1 amide bonds. The number of aliphatic imine (C=N–C) groups is 2. The predicted molar refractivity (Wildman–Crippen MR) is 70.9 cm³/mol. The standard InChI is InChI=1S/C14H11N3O/c18-13-11-8-4-5-9-12(11)16-14(17-13)15-10-6-2-1-3-7-10/h1-9,11H,(H,15,17,18). The molecule has 1 aromatic rings. The Bertz CT molecular complexity index is 597. The minimum absolute atomic E-state index is 0.0877. The molecule has 1 atom stereocenters. The van der Waals surface area contributed by atoms with Crippen LogP contribution in [0.4, 0.5) is 5.69 Å². The molecule has 1 aromatic carbocycles. The smallest absolute Gasteiger partial charge is 0.239 e. The van der Waals surface area contributed by atoms with Gasteiger partial charge in [0.1, 0.15) is 0 Å². The van der Waals surface area contributed by atoms with E-state index in [2.05, 4.69) is 15.3 Å². The fraction of sp³-hybridized carbons (Fsp3) is 0.0714. The summed E-state index contributed by atoms with van der Waals surface area (Å²) in [5.41, 5.74) is 1.50. The highest BCUT2D eigenvalue weighted by molar-refractivity contribution is 6.22. The number of hydrogen-bond donors (Lipinski definition) is 1. The third-order valence-corrected chi connectivity index (χ3v) is 2.74. The second kappa shape index (κ2) is 4.41. The lowest BCUT2D eigenvalue weighted by molar-refractivity contribution is -0.120. The Morgan fingerprint density at radius 1 is 1.17 bits per heavy atom. The summed E-state index contributed by atoms with van der Waals surface area (Å²) >= 11 is 0. The SMILES string of the molecule is O=C1NC(=Nc2ccccc2)N=C2C=CC=CC12. The van der Waals surface area contributed by atoms with Crippen LogP contribution >= 0.6 is 0 Å². The Kier molecular flexibility index (Phi) is 2.61. The van der Waals surface area contributed by atoms with Gasteiger partial charge in [-0.05, 0) is 18.2 Å². The number of amides is 1. The minimum atomic E-state index is -0.287. The molecule has 18 heavy (non-hydrogen) atoms. The molecule has 0 bridgehead atoms. The van der Waals surface area contributed by atoms with E-state index in [-0.39, 0.29) is 11.8 Å². The molecule has 3 rings (SSSR count). The van der Waals surface area contributed by atoms with E-state index in [9.17, 15) is 4.79 Å². The second-order valence-electron chi connectivity index (χ2n) is 4.02. The molecule has 88 valence electrons. The number of allylic oxidation sites excluding steroid dienone is 3. The van der Waals surface area contributed by atoms with Gasteiger partial charge >= 0.3 is 0 Å². The van der Waals surface area contributed by atoms with Crippen molar-refractivity contribution in [3.8, 4) is 0 Å². The molecule has 0 saturated carbocycles. The average Bonchev–Trinajstić information content (AvgIpc) is 2.40. The predicted octanol–water partition coefficient (Wildman–Crippen LogP) is 1.99. The number of nitrogens with zero attached hydrogens (tertiary/aromatic N) is 2. The molecule has 0 saturated heterocycles. The van der Waals surface area contributed by atoms with E-state index in [1.807, 2.05) is 54.6 Å². The van der Waals surface area contributed by atoms with Gasteiger partial charge in [0.2, 0.25) is 11.9 Å². The maximum atomic E-state index is 11.9. The summed E-state index contributed by atoms with van der Waals surface area (Å²) in [6.45, 7) is 0. The maximum Gasteiger partial charge on any atom is 0.239 e. The van der Waals surface area contributed by atoms with E-state index in [0.29, 0.717) is 5.96 Å². The Hall–Kier alpha value is -2.49. The van der Waals surface area contributed by atoms with E-state index in [4.69, 9.17) is 0 Å². The lowest BCUT2D eigenvalue weighted by atomic mass is 9.96. The van der Waals surface area contributed by atoms with Gasteiger partial charge in [0.05, 0.1) is 17.3 Å². The molecule has 0 aromatic heterocycles. The van der Waals surface area contributed by atoms with Crippen LogP contribution in [-0.4, -0.2) is 17.6 Å². The Morgan fingerprint density at radius 2 is 2.00 bits per heavy atom. The van der Waals surface area contributed by atoms with Gasteiger partial charge in [0.25, 0.3) is 0 Å². The van der Waals surface area contributed by atoms with Crippen LogP contribution in [0.25, 0.3) is 0 Å². The molecule has 1 N–H and O–H groups in total. The zero-order chi connectivity index (χ0) is 12.4. The summed E-state index contributed by atoms with van der Waals surface area (Å²) in [4.78, 5) is 20.5. The number of para-hydroxylation sites is 1. The lowest BCUT2D eigenvalue weighted by Gasteiger charge is -2.20. The quantitative estimate of drug-likeness (QED) is 0.797. The van der Waals surface area contributed by atoms with Crippen LogP contribution in [0, 0.1) is 5.92 Å². The molecule has 1 aliphatic heterocycles. The normalized spacial score (nSPS) is 23.6. The molecular weight excluding hydrogens is 226 g/mol. The number of benzene rings is 1. The zero-order valence-corrected chi connectivity index (χ0v) is 9.58. The van der Waals surface area contributed by atoms with E-state index in [1.165, 1.54) is 0 Å². The van der Waals surface area contributed by atoms with Gasteiger partial charge in [-0.3, -0.25) is 10.1 Å². The van der Waals surface area contributed by atoms with Crippen molar-refractivity contribution in [2.24, 2.45) is 15.9 Å². The van der Waals surface area contributed by atoms with Crippen LogP contribution in [0.2, 0.25) is 0 Å². The number of carbonyl (C=O) groups is 1. The van der Waals surface area contributed by atoms with Gasteiger partial charge < -0.3 is 0 Å². The number of carbonyl (C=O) groups excluding carboxylic acids is 1. The first kappa shape index (κ1) is 10.7. The van der Waals surface area contributed by atoms with Crippen LogP contribution < -0.4 is 5.32 Å². The highest BCUT2D eigenvalue weighted by atomic mass is 16.2. The van der Waals surface area contributed by atoms with E-state index in [0.717, 1.165) is 11.4 Å². The summed E-state index contributed by atoms with van der Waals surface area (Å²) in [6.07, 6.45) is 7.38. The molecule has 0 radical (unpaired) electrons. The molecule has 1 unspecified atom stereocenters. The Morgan fingerprint density at radius 3 is 2.83 bits per heavy atom. The van der Waals surface area contributed by atoms with Crippen LogP contribution in [0.15, 0.2) is 64.6 Å². The first-order chi connectivity index (χ1) is 8.83. The number of hydrogen-bond acceptors (Lipinski definition) is 2. The van der Waals surface area contributed by atoms with Crippen molar-refractivity contribution in [3.63, 3.8) is 0 Å². The molecule has 0 fully saturated rings. The molecule has 4 heteroatoms. The first-order valence-electron chi connectivity index (χ1n) is 5.71. The number of rotatable bonds is 1. The van der Waals surface area contributed by atoms with Gasteiger partial charge in [0, 0.05) is 0 Å². The van der Waals surface area contributed by atoms with Crippen molar-refractivity contribution >= 4 is 23.3 Å². The van der Waals surface area contributed by atoms with Crippen LogP contribution in [0.1, 0.15) is 0 Å². The molecular formula is C14H11N3O. The van der Waals surface area contributed by atoms with Crippen molar-refractivity contribution in [1.82, 2.24) is 5.32 Å². The highest BCUT2D eigenvalue weighted by Gasteiger charge is 2.27. The van der Waals surface area contributed by atoms with Crippen LogP contribution in [0.3, 0.4) is 0 Å². The van der Waals surface area contributed by atoms with E-state index < -0.39 is 0 Å². The number of guanidine groups is 1. The van der Waals surface area contributed by atoms with Gasteiger partial charge in [-0.25, -0.2) is 9.98 Å². The number of nitrogens with one attached hydrogen (secondary N) is 1. The summed E-state index contributed by atoms with van der Waals surface area (Å²) in [5, 5.41) is 2.70. The van der Waals surface area contributed by atoms with Crippen molar-refractivity contribution in [3.05, 3.63) is 54.6 Å². The summed E-state index contributed by atoms with van der Waals surface area (Å²) in [7, 11) is 0. The lowest BCUT2D eigenvalue weighted by Crippen LogP contribution is -2.42. The average molecular weight is 237 g/mol. The zero-order valence-electron chi connectivity index (χ0n) is 9.58. The fourth-order valence-electron chi connectivity index (χ4n) is 1.88. The minimum Gasteiger partial charge on any atom is -0.294 e. The van der Waals surface area contributed by atoms with Crippen molar-refractivity contribution < 1.29 is 4.79 Å². The molecule has 2 aliphatic rings. The third-order valence-electron chi connectivity index (χ3n) is 2.74. The van der Waals surface area contributed by atoms with E-state index in [1.54, 1.807) is 0 Å². The molecule has 0 spiro atoms.